The first kappa shape index (κ1) is 19.4. The first-order valence-corrected chi connectivity index (χ1v) is 9.65. The Bertz CT molecular complexity index is 413. The topological polar surface area (TPSA) is 72.6 Å². The summed E-state index contributed by atoms with van der Waals surface area (Å²) in [7, 11) is 0. The van der Waals surface area contributed by atoms with Crippen molar-refractivity contribution in [2.75, 3.05) is 26.3 Å². The molecule has 1 heterocycles. The SMILES string of the molecule is CC(=O)CCCCCC(CC1(N2CCOCC2)CCCC1)C(N)=O. The minimum Gasteiger partial charge on any atom is -0.379 e. The Hall–Kier alpha value is -0.940. The summed E-state index contributed by atoms with van der Waals surface area (Å²) < 4.78 is 5.51. The molecule has 1 saturated heterocycles. The van der Waals surface area contributed by atoms with E-state index in [9.17, 15) is 9.59 Å². The van der Waals surface area contributed by atoms with Gasteiger partial charge in [-0.2, -0.15) is 0 Å². The highest BCUT2D eigenvalue weighted by atomic mass is 16.5. The second-order valence-electron chi connectivity index (χ2n) is 7.64. The zero-order valence-electron chi connectivity index (χ0n) is 15.2. The van der Waals surface area contributed by atoms with E-state index in [0.717, 1.165) is 58.4 Å². The maximum atomic E-state index is 12.0. The van der Waals surface area contributed by atoms with E-state index < -0.39 is 0 Å². The van der Waals surface area contributed by atoms with Crippen LogP contribution in [0.3, 0.4) is 0 Å². The third-order valence-corrected chi connectivity index (χ3v) is 5.83. The number of unbranched alkanes of at least 4 members (excludes halogenated alkanes) is 2. The van der Waals surface area contributed by atoms with Crippen molar-refractivity contribution in [1.29, 1.82) is 0 Å². The van der Waals surface area contributed by atoms with E-state index in [1.807, 2.05) is 0 Å². The summed E-state index contributed by atoms with van der Waals surface area (Å²) in [4.78, 5) is 25.6. The predicted molar refractivity (Wildman–Crippen MR) is 94.7 cm³/mol. The molecule has 1 atom stereocenters. The van der Waals surface area contributed by atoms with E-state index in [-0.39, 0.29) is 23.1 Å². The number of carbonyl (C=O) groups excluding carboxylic acids is 2. The highest BCUT2D eigenvalue weighted by Crippen LogP contribution is 2.41. The molecule has 2 aliphatic rings. The number of rotatable bonds is 10. The van der Waals surface area contributed by atoms with Gasteiger partial charge in [0, 0.05) is 31.0 Å². The van der Waals surface area contributed by atoms with Gasteiger partial charge in [0.05, 0.1) is 13.2 Å². The van der Waals surface area contributed by atoms with Crippen LogP contribution < -0.4 is 5.73 Å². The van der Waals surface area contributed by atoms with Crippen LogP contribution in [0.1, 0.15) is 71.1 Å². The number of ketones is 1. The second-order valence-corrected chi connectivity index (χ2v) is 7.64. The lowest BCUT2D eigenvalue weighted by Crippen LogP contribution is -2.53. The van der Waals surface area contributed by atoms with Gasteiger partial charge in [0.1, 0.15) is 5.78 Å². The number of nitrogens with two attached hydrogens (primary N) is 1. The first-order valence-electron chi connectivity index (χ1n) is 9.65. The number of carbonyl (C=O) groups is 2. The fraction of sp³-hybridized carbons (Fsp3) is 0.895. The van der Waals surface area contributed by atoms with Crippen LogP contribution in [0.15, 0.2) is 0 Å². The normalized spacial score (nSPS) is 22.4. The molecule has 0 aromatic carbocycles. The molecule has 2 rings (SSSR count). The number of morpholine rings is 1. The summed E-state index contributed by atoms with van der Waals surface area (Å²) in [6.07, 6.45) is 10.2. The molecule has 1 amide bonds. The first-order chi connectivity index (χ1) is 11.5. The maximum absolute atomic E-state index is 12.0. The van der Waals surface area contributed by atoms with Gasteiger partial charge < -0.3 is 15.3 Å². The lowest BCUT2D eigenvalue weighted by atomic mass is 9.81. The van der Waals surface area contributed by atoms with Crippen LogP contribution in [0.2, 0.25) is 0 Å². The molecule has 138 valence electrons. The van der Waals surface area contributed by atoms with E-state index in [1.54, 1.807) is 6.92 Å². The largest absolute Gasteiger partial charge is 0.379 e. The molecule has 0 aromatic rings. The third kappa shape index (κ3) is 5.55. The summed E-state index contributed by atoms with van der Waals surface area (Å²) >= 11 is 0. The van der Waals surface area contributed by atoms with Crippen LogP contribution >= 0.6 is 0 Å². The molecule has 1 aliphatic carbocycles. The minimum atomic E-state index is -0.152. The summed E-state index contributed by atoms with van der Waals surface area (Å²) in [6.45, 7) is 5.19. The van der Waals surface area contributed by atoms with Crippen molar-refractivity contribution >= 4 is 11.7 Å². The highest BCUT2D eigenvalue weighted by molar-refractivity contribution is 5.76. The lowest BCUT2D eigenvalue weighted by molar-refractivity contribution is -0.124. The fourth-order valence-electron chi connectivity index (χ4n) is 4.47. The van der Waals surface area contributed by atoms with Gasteiger partial charge in [0.15, 0.2) is 0 Å². The van der Waals surface area contributed by atoms with E-state index in [1.165, 1.54) is 25.7 Å². The number of hydrogen-bond acceptors (Lipinski definition) is 4. The Labute approximate surface area is 146 Å². The molecule has 0 spiro atoms. The third-order valence-electron chi connectivity index (χ3n) is 5.83. The number of ether oxygens (including phenoxy) is 1. The molecule has 1 aliphatic heterocycles. The zero-order chi connectivity index (χ0) is 17.4. The van der Waals surface area contributed by atoms with Gasteiger partial charge in [-0.15, -0.1) is 0 Å². The average molecular weight is 338 g/mol. The lowest BCUT2D eigenvalue weighted by Gasteiger charge is -2.45. The van der Waals surface area contributed by atoms with Crippen molar-refractivity contribution < 1.29 is 14.3 Å². The number of amides is 1. The molecule has 0 aromatic heterocycles. The number of hydrogen-bond donors (Lipinski definition) is 1. The number of nitrogens with zero attached hydrogens (tertiary/aromatic N) is 1. The van der Waals surface area contributed by atoms with Crippen molar-refractivity contribution in [3.63, 3.8) is 0 Å². The minimum absolute atomic E-state index is 0.0386. The van der Waals surface area contributed by atoms with Crippen LogP contribution in [0.25, 0.3) is 0 Å². The standard InChI is InChI=1S/C19H34N2O3/c1-16(22)7-3-2-4-8-17(18(20)23)15-19(9-5-6-10-19)21-11-13-24-14-12-21/h17H,2-15H2,1H3,(H2,20,23). The van der Waals surface area contributed by atoms with E-state index in [0.29, 0.717) is 6.42 Å². The molecule has 2 N–H and O–H groups in total. The summed E-state index contributed by atoms with van der Waals surface area (Å²) in [6, 6.07) is 0. The van der Waals surface area contributed by atoms with E-state index in [4.69, 9.17) is 10.5 Å². The van der Waals surface area contributed by atoms with Gasteiger partial charge in [-0.25, -0.2) is 0 Å². The molecule has 1 unspecified atom stereocenters. The van der Waals surface area contributed by atoms with Gasteiger partial charge in [-0.3, -0.25) is 9.69 Å². The quantitative estimate of drug-likeness (QED) is 0.622. The monoisotopic (exact) mass is 338 g/mol. The Morgan fingerprint density at radius 3 is 2.38 bits per heavy atom. The summed E-state index contributed by atoms with van der Waals surface area (Å²) in [5.74, 6) is 0.0584. The number of primary amides is 1. The van der Waals surface area contributed by atoms with Crippen molar-refractivity contribution in [3.05, 3.63) is 0 Å². The van der Waals surface area contributed by atoms with E-state index >= 15 is 0 Å². The highest BCUT2D eigenvalue weighted by Gasteiger charge is 2.42. The van der Waals surface area contributed by atoms with Crippen molar-refractivity contribution in [2.45, 2.75) is 76.7 Å². The second kappa shape index (κ2) is 9.52. The molecular formula is C19H34N2O3. The van der Waals surface area contributed by atoms with Gasteiger partial charge in [0.25, 0.3) is 0 Å². The smallest absolute Gasteiger partial charge is 0.220 e. The number of Topliss-reactive ketones (excluding diaryl/α,β-unsaturated/α-hetero) is 1. The molecule has 5 nitrogen and oxygen atoms in total. The molecule has 0 bridgehead atoms. The van der Waals surface area contributed by atoms with Crippen LogP contribution in [0.5, 0.6) is 0 Å². The zero-order valence-corrected chi connectivity index (χ0v) is 15.2. The molecule has 5 heteroatoms. The van der Waals surface area contributed by atoms with E-state index in [2.05, 4.69) is 4.90 Å². The van der Waals surface area contributed by atoms with Crippen molar-refractivity contribution in [1.82, 2.24) is 4.90 Å². The van der Waals surface area contributed by atoms with Gasteiger partial charge in [-0.05, 0) is 39.0 Å². The predicted octanol–water partition coefficient (Wildman–Crippen LogP) is 2.66. The van der Waals surface area contributed by atoms with Gasteiger partial charge in [-0.1, -0.05) is 25.7 Å². The van der Waals surface area contributed by atoms with Gasteiger partial charge in [0.2, 0.25) is 5.91 Å². The maximum Gasteiger partial charge on any atom is 0.220 e. The Morgan fingerprint density at radius 1 is 1.12 bits per heavy atom. The molecule has 0 radical (unpaired) electrons. The summed E-state index contributed by atoms with van der Waals surface area (Å²) in [5, 5.41) is 0. The Balaban J connectivity index is 1.88. The fourth-order valence-corrected chi connectivity index (χ4v) is 4.47. The van der Waals surface area contributed by atoms with Crippen LogP contribution in [0, 0.1) is 5.92 Å². The molecular weight excluding hydrogens is 304 g/mol. The van der Waals surface area contributed by atoms with Crippen LogP contribution in [0.4, 0.5) is 0 Å². The van der Waals surface area contributed by atoms with Crippen LogP contribution in [-0.4, -0.2) is 48.4 Å². The van der Waals surface area contributed by atoms with Gasteiger partial charge >= 0.3 is 0 Å². The van der Waals surface area contributed by atoms with Crippen molar-refractivity contribution in [3.8, 4) is 0 Å². The molecule has 24 heavy (non-hydrogen) atoms. The molecule has 1 saturated carbocycles. The van der Waals surface area contributed by atoms with Crippen LogP contribution in [-0.2, 0) is 14.3 Å². The molecule has 2 fully saturated rings. The Morgan fingerprint density at radius 2 is 1.79 bits per heavy atom. The average Bonchev–Trinajstić information content (AvgIpc) is 3.04. The Kier molecular flexibility index (Phi) is 7.69. The summed E-state index contributed by atoms with van der Waals surface area (Å²) in [5.41, 5.74) is 5.89. The van der Waals surface area contributed by atoms with Crippen molar-refractivity contribution in [2.24, 2.45) is 11.7 Å².